The van der Waals surface area contributed by atoms with Crippen LogP contribution in [-0.4, -0.2) is 42.1 Å². The zero-order valence-electron chi connectivity index (χ0n) is 15.7. The van der Waals surface area contributed by atoms with Gasteiger partial charge in [-0.2, -0.15) is 9.90 Å². The van der Waals surface area contributed by atoms with Gasteiger partial charge in [0, 0.05) is 11.3 Å². The summed E-state index contributed by atoms with van der Waals surface area (Å²) in [7, 11) is 1.63. The summed E-state index contributed by atoms with van der Waals surface area (Å²) in [6, 6.07) is 13.7. The average Bonchev–Trinajstić information content (AvgIpc) is 3.31. The lowest BCUT2D eigenvalue weighted by atomic mass is 10.1. The molecule has 4 aromatic rings. The van der Waals surface area contributed by atoms with Gasteiger partial charge in [0.05, 0.1) is 7.11 Å². The maximum absolute atomic E-state index is 5.42. The van der Waals surface area contributed by atoms with E-state index in [9.17, 15) is 0 Å². The van der Waals surface area contributed by atoms with Gasteiger partial charge in [0.2, 0.25) is 5.82 Å². The number of tetrazole rings is 1. The van der Waals surface area contributed by atoms with Crippen molar-refractivity contribution in [3.05, 3.63) is 64.2 Å². The molecule has 0 amide bonds. The maximum Gasteiger partial charge on any atom is 0.204 e. The number of aromatic amines is 1. The van der Waals surface area contributed by atoms with Crippen LogP contribution in [0, 0.1) is 18.6 Å². The molecule has 0 bridgehead atoms. The number of nitrogens with zero attached hydrogens (tertiary/aromatic N) is 6. The molecule has 28 heavy (non-hydrogen) atoms. The highest BCUT2D eigenvalue weighted by Crippen LogP contribution is 2.19. The SMILES string of the molecule is COc1ccc(-c2nnn(Cc3n[nH]c(=S)n3-c3ccc(C)c(C)c3)n2)cc1. The van der Waals surface area contributed by atoms with Gasteiger partial charge in [-0.1, -0.05) is 6.07 Å². The summed E-state index contributed by atoms with van der Waals surface area (Å²) in [4.78, 5) is 1.50. The second-order valence-electron chi connectivity index (χ2n) is 6.42. The molecule has 0 aliphatic heterocycles. The van der Waals surface area contributed by atoms with Gasteiger partial charge in [0.1, 0.15) is 12.3 Å². The molecule has 2 aromatic carbocycles. The van der Waals surface area contributed by atoms with Crippen LogP contribution in [-0.2, 0) is 6.54 Å². The average molecular weight is 393 g/mol. The Morgan fingerprint density at radius 1 is 1.07 bits per heavy atom. The van der Waals surface area contributed by atoms with Gasteiger partial charge >= 0.3 is 0 Å². The molecular formula is C19H19N7OS. The molecule has 0 atom stereocenters. The Labute approximate surface area is 166 Å². The number of rotatable bonds is 5. The maximum atomic E-state index is 5.42. The van der Waals surface area contributed by atoms with Crippen LogP contribution in [0.25, 0.3) is 17.1 Å². The van der Waals surface area contributed by atoms with Gasteiger partial charge in [-0.05, 0) is 78.8 Å². The number of methoxy groups -OCH3 is 1. The number of H-pyrrole nitrogens is 1. The van der Waals surface area contributed by atoms with E-state index < -0.39 is 0 Å². The van der Waals surface area contributed by atoms with Crippen molar-refractivity contribution in [2.75, 3.05) is 7.11 Å². The Bertz CT molecular complexity index is 1170. The van der Waals surface area contributed by atoms with Crippen LogP contribution in [0.3, 0.4) is 0 Å². The molecular weight excluding hydrogens is 374 g/mol. The first kappa shape index (κ1) is 18.1. The fourth-order valence-electron chi connectivity index (χ4n) is 2.86. The molecule has 0 radical (unpaired) electrons. The van der Waals surface area contributed by atoms with Crippen LogP contribution < -0.4 is 4.74 Å². The third kappa shape index (κ3) is 3.44. The molecule has 0 aliphatic carbocycles. The molecule has 0 fully saturated rings. The molecule has 2 heterocycles. The number of nitrogens with one attached hydrogen (secondary N) is 1. The first-order chi connectivity index (χ1) is 13.5. The Morgan fingerprint density at radius 3 is 2.57 bits per heavy atom. The molecule has 0 spiro atoms. The summed E-state index contributed by atoms with van der Waals surface area (Å²) >= 11 is 5.42. The van der Waals surface area contributed by atoms with Crippen molar-refractivity contribution in [1.29, 1.82) is 0 Å². The lowest BCUT2D eigenvalue weighted by Crippen LogP contribution is -2.10. The van der Waals surface area contributed by atoms with Crippen molar-refractivity contribution in [3.8, 4) is 22.8 Å². The van der Waals surface area contributed by atoms with E-state index in [-0.39, 0.29) is 0 Å². The molecule has 8 nitrogen and oxygen atoms in total. The molecule has 4 rings (SSSR count). The van der Waals surface area contributed by atoms with Crippen LogP contribution >= 0.6 is 12.2 Å². The van der Waals surface area contributed by atoms with E-state index in [2.05, 4.69) is 51.6 Å². The highest BCUT2D eigenvalue weighted by atomic mass is 32.1. The summed E-state index contributed by atoms with van der Waals surface area (Å²) in [6.45, 7) is 4.49. The summed E-state index contributed by atoms with van der Waals surface area (Å²) < 4.78 is 7.59. The van der Waals surface area contributed by atoms with Crippen molar-refractivity contribution in [1.82, 2.24) is 35.0 Å². The molecule has 2 aromatic heterocycles. The van der Waals surface area contributed by atoms with E-state index in [4.69, 9.17) is 17.0 Å². The number of hydrogen-bond donors (Lipinski definition) is 1. The Hall–Kier alpha value is -3.33. The van der Waals surface area contributed by atoms with Crippen LogP contribution in [0.5, 0.6) is 5.75 Å². The van der Waals surface area contributed by atoms with E-state index in [1.165, 1.54) is 15.9 Å². The summed E-state index contributed by atoms with van der Waals surface area (Å²) in [6.07, 6.45) is 0. The van der Waals surface area contributed by atoms with Gasteiger partial charge in [0.25, 0.3) is 0 Å². The standard InChI is InChI=1S/C19H19N7OS/c1-12-4-7-15(10-13(12)2)26-17(20-22-19(26)28)11-25-23-18(21-24-25)14-5-8-16(27-3)9-6-14/h4-10H,11H2,1-3H3,(H,22,28). The molecule has 0 saturated carbocycles. The Kier molecular flexibility index (Phi) is 4.74. The van der Waals surface area contributed by atoms with Crippen molar-refractivity contribution in [2.24, 2.45) is 0 Å². The second kappa shape index (κ2) is 7.35. The number of ether oxygens (including phenoxy) is 1. The van der Waals surface area contributed by atoms with E-state index in [1.54, 1.807) is 7.11 Å². The van der Waals surface area contributed by atoms with Crippen LogP contribution in [0.4, 0.5) is 0 Å². The predicted octanol–water partition coefficient (Wildman–Crippen LogP) is 3.26. The van der Waals surface area contributed by atoms with Crippen LogP contribution in [0.2, 0.25) is 0 Å². The molecule has 0 saturated heterocycles. The molecule has 1 N–H and O–H groups in total. The van der Waals surface area contributed by atoms with E-state index >= 15 is 0 Å². The van der Waals surface area contributed by atoms with Gasteiger partial charge < -0.3 is 4.74 Å². The number of hydrogen-bond acceptors (Lipinski definition) is 6. The van der Waals surface area contributed by atoms with Crippen LogP contribution in [0.1, 0.15) is 17.0 Å². The third-order valence-corrected chi connectivity index (χ3v) is 4.85. The van der Waals surface area contributed by atoms with E-state index in [0.29, 0.717) is 23.0 Å². The summed E-state index contributed by atoms with van der Waals surface area (Å²) in [5.41, 5.74) is 4.22. The third-order valence-electron chi connectivity index (χ3n) is 4.57. The van der Waals surface area contributed by atoms with Crippen molar-refractivity contribution < 1.29 is 4.74 Å². The van der Waals surface area contributed by atoms with Gasteiger partial charge in [0.15, 0.2) is 10.6 Å². The zero-order chi connectivity index (χ0) is 19.7. The lowest BCUT2D eigenvalue weighted by Gasteiger charge is -2.08. The monoisotopic (exact) mass is 393 g/mol. The predicted molar refractivity (Wildman–Crippen MR) is 107 cm³/mol. The number of aryl methyl sites for hydroxylation is 2. The smallest absolute Gasteiger partial charge is 0.204 e. The Balaban J connectivity index is 1.63. The van der Waals surface area contributed by atoms with E-state index in [0.717, 1.165) is 17.0 Å². The summed E-state index contributed by atoms with van der Waals surface area (Å²) in [5, 5.41) is 19.9. The quantitative estimate of drug-likeness (QED) is 0.524. The molecule has 142 valence electrons. The van der Waals surface area contributed by atoms with Crippen molar-refractivity contribution in [2.45, 2.75) is 20.4 Å². The minimum Gasteiger partial charge on any atom is -0.497 e. The highest BCUT2D eigenvalue weighted by molar-refractivity contribution is 7.71. The van der Waals surface area contributed by atoms with Gasteiger partial charge in [-0.15, -0.1) is 10.2 Å². The topological polar surface area (TPSA) is 86.4 Å². The Morgan fingerprint density at radius 2 is 1.86 bits per heavy atom. The van der Waals surface area contributed by atoms with E-state index in [1.807, 2.05) is 34.9 Å². The molecule has 0 unspecified atom stereocenters. The number of aromatic nitrogens is 7. The minimum absolute atomic E-state index is 0.337. The summed E-state index contributed by atoms with van der Waals surface area (Å²) in [5.74, 6) is 2.02. The fourth-order valence-corrected chi connectivity index (χ4v) is 3.12. The molecule has 9 heteroatoms. The largest absolute Gasteiger partial charge is 0.497 e. The lowest BCUT2D eigenvalue weighted by molar-refractivity contribution is 0.415. The van der Waals surface area contributed by atoms with Crippen molar-refractivity contribution >= 4 is 12.2 Å². The minimum atomic E-state index is 0.337. The van der Waals surface area contributed by atoms with Gasteiger partial charge in [-0.25, -0.2) is 0 Å². The van der Waals surface area contributed by atoms with Gasteiger partial charge in [-0.3, -0.25) is 9.67 Å². The molecule has 0 aliphatic rings. The van der Waals surface area contributed by atoms with Crippen LogP contribution in [0.15, 0.2) is 42.5 Å². The first-order valence-electron chi connectivity index (χ1n) is 8.71. The zero-order valence-corrected chi connectivity index (χ0v) is 16.6. The fraction of sp³-hybridized carbons (Fsp3) is 0.211. The normalized spacial score (nSPS) is 11.0. The number of benzene rings is 2. The first-order valence-corrected chi connectivity index (χ1v) is 9.12. The second-order valence-corrected chi connectivity index (χ2v) is 6.81. The highest BCUT2D eigenvalue weighted by Gasteiger charge is 2.13. The van der Waals surface area contributed by atoms with Crippen molar-refractivity contribution in [3.63, 3.8) is 0 Å².